The average Bonchev–Trinajstić information content (AvgIpc) is 2.71. The third-order valence-corrected chi connectivity index (χ3v) is 5.25. The van der Waals surface area contributed by atoms with Crippen LogP contribution >= 0.6 is 0 Å². The number of hydrogen-bond acceptors (Lipinski definition) is 5. The van der Waals surface area contributed by atoms with Crippen LogP contribution in [0.2, 0.25) is 0 Å². The lowest BCUT2D eigenvalue weighted by Gasteiger charge is -2.44. The molecule has 0 unspecified atom stereocenters. The van der Waals surface area contributed by atoms with E-state index in [1.54, 1.807) is 6.07 Å². The SMILES string of the molecule is O=C(O)c1ccc(F)c(-c2ccc(NCC3(c4ncccc4F)CC(F)C3)nn2)c1. The van der Waals surface area contributed by atoms with E-state index in [2.05, 4.69) is 20.5 Å². The monoisotopic (exact) mass is 414 g/mol. The largest absolute Gasteiger partial charge is 0.478 e. The molecule has 6 nitrogen and oxygen atoms in total. The molecule has 1 aromatic carbocycles. The van der Waals surface area contributed by atoms with Crippen molar-refractivity contribution < 1.29 is 23.1 Å². The van der Waals surface area contributed by atoms with Crippen molar-refractivity contribution in [3.8, 4) is 11.3 Å². The van der Waals surface area contributed by atoms with Crippen LogP contribution in [0, 0.1) is 11.6 Å². The minimum Gasteiger partial charge on any atom is -0.478 e. The number of pyridine rings is 1. The number of nitrogens with zero attached hydrogens (tertiary/aromatic N) is 3. The zero-order valence-corrected chi connectivity index (χ0v) is 15.6. The number of anilines is 1. The molecule has 2 N–H and O–H groups in total. The van der Waals surface area contributed by atoms with E-state index >= 15 is 0 Å². The Morgan fingerprint density at radius 1 is 1.13 bits per heavy atom. The number of aromatic nitrogens is 3. The van der Waals surface area contributed by atoms with E-state index in [0.29, 0.717) is 5.82 Å². The van der Waals surface area contributed by atoms with Crippen molar-refractivity contribution in [2.24, 2.45) is 0 Å². The molecule has 0 atom stereocenters. The van der Waals surface area contributed by atoms with E-state index in [1.165, 1.54) is 30.5 Å². The van der Waals surface area contributed by atoms with E-state index in [0.717, 1.165) is 12.1 Å². The Hall–Kier alpha value is -3.49. The topological polar surface area (TPSA) is 88.0 Å². The second-order valence-electron chi connectivity index (χ2n) is 7.28. The van der Waals surface area contributed by atoms with Crippen molar-refractivity contribution in [2.45, 2.75) is 24.4 Å². The highest BCUT2D eigenvalue weighted by molar-refractivity contribution is 5.89. The molecule has 1 aliphatic rings. The van der Waals surface area contributed by atoms with Gasteiger partial charge in [0.1, 0.15) is 23.6 Å². The van der Waals surface area contributed by atoms with Gasteiger partial charge in [-0.05, 0) is 55.3 Å². The van der Waals surface area contributed by atoms with Gasteiger partial charge in [0.2, 0.25) is 0 Å². The summed E-state index contributed by atoms with van der Waals surface area (Å²) >= 11 is 0. The molecule has 0 aliphatic heterocycles. The second kappa shape index (κ2) is 7.74. The number of aromatic carboxylic acids is 1. The third kappa shape index (κ3) is 3.70. The molecular weight excluding hydrogens is 397 g/mol. The summed E-state index contributed by atoms with van der Waals surface area (Å²) in [5.41, 5.74) is -0.462. The molecule has 0 spiro atoms. The fourth-order valence-electron chi connectivity index (χ4n) is 3.67. The summed E-state index contributed by atoms with van der Waals surface area (Å²) in [5, 5.41) is 20.0. The summed E-state index contributed by atoms with van der Waals surface area (Å²) < 4.78 is 41.9. The van der Waals surface area contributed by atoms with Crippen LogP contribution in [-0.4, -0.2) is 39.0 Å². The van der Waals surface area contributed by atoms with Gasteiger partial charge < -0.3 is 10.4 Å². The standard InChI is InChI=1S/C21H17F3N4O2/c22-13-9-21(10-13,19-16(24)2-1-7-25-19)11-26-18-6-5-17(27-28-18)14-8-12(20(29)30)3-4-15(14)23/h1-8,13H,9-11H2,(H,26,28)(H,29,30). The number of halogens is 3. The molecule has 154 valence electrons. The van der Waals surface area contributed by atoms with Crippen LogP contribution in [0.4, 0.5) is 19.0 Å². The molecule has 9 heteroatoms. The van der Waals surface area contributed by atoms with E-state index in [4.69, 9.17) is 5.11 Å². The van der Waals surface area contributed by atoms with Crippen molar-refractivity contribution in [3.05, 3.63) is 71.6 Å². The van der Waals surface area contributed by atoms with Crippen LogP contribution in [0.5, 0.6) is 0 Å². The highest BCUT2D eigenvalue weighted by atomic mass is 19.1. The van der Waals surface area contributed by atoms with Crippen LogP contribution in [0.15, 0.2) is 48.7 Å². The first-order valence-electron chi connectivity index (χ1n) is 9.24. The smallest absolute Gasteiger partial charge is 0.335 e. The van der Waals surface area contributed by atoms with E-state index in [1.807, 2.05) is 0 Å². The quantitative estimate of drug-likeness (QED) is 0.634. The molecule has 2 heterocycles. The van der Waals surface area contributed by atoms with Gasteiger partial charge in [-0.2, -0.15) is 0 Å². The van der Waals surface area contributed by atoms with Gasteiger partial charge in [0.25, 0.3) is 0 Å². The van der Waals surface area contributed by atoms with Crippen LogP contribution in [0.25, 0.3) is 11.3 Å². The number of carboxylic acids is 1. The maximum absolute atomic E-state index is 14.2. The molecule has 4 rings (SSSR count). The average molecular weight is 414 g/mol. The summed E-state index contributed by atoms with van der Waals surface area (Å²) in [6.45, 7) is 0.207. The van der Waals surface area contributed by atoms with Gasteiger partial charge in [-0.1, -0.05) is 0 Å². The molecule has 1 saturated carbocycles. The first kappa shape index (κ1) is 19.8. The third-order valence-electron chi connectivity index (χ3n) is 5.25. The summed E-state index contributed by atoms with van der Waals surface area (Å²) in [7, 11) is 0. The van der Waals surface area contributed by atoms with Crippen molar-refractivity contribution in [1.29, 1.82) is 0 Å². The Morgan fingerprint density at radius 2 is 1.93 bits per heavy atom. The van der Waals surface area contributed by atoms with Crippen LogP contribution in [0.1, 0.15) is 28.9 Å². The maximum Gasteiger partial charge on any atom is 0.335 e. The molecule has 1 fully saturated rings. The molecule has 2 aromatic heterocycles. The Morgan fingerprint density at radius 3 is 2.57 bits per heavy atom. The molecule has 0 amide bonds. The normalized spacial score (nSPS) is 20.4. The number of rotatable bonds is 6. The molecular formula is C21H17F3N4O2. The van der Waals surface area contributed by atoms with E-state index in [-0.39, 0.29) is 41.9 Å². The molecule has 0 radical (unpaired) electrons. The fourth-order valence-corrected chi connectivity index (χ4v) is 3.67. The predicted octanol–water partition coefficient (Wildman–Crippen LogP) is 4.00. The number of benzene rings is 1. The maximum atomic E-state index is 14.2. The number of hydrogen-bond donors (Lipinski definition) is 2. The fraction of sp³-hybridized carbons (Fsp3) is 0.238. The van der Waals surface area contributed by atoms with Crippen LogP contribution in [0.3, 0.4) is 0 Å². The highest BCUT2D eigenvalue weighted by Gasteiger charge is 2.48. The number of carbonyl (C=O) groups is 1. The predicted molar refractivity (Wildman–Crippen MR) is 103 cm³/mol. The summed E-state index contributed by atoms with van der Waals surface area (Å²) in [5.74, 6) is -1.95. The molecule has 0 saturated heterocycles. The lowest BCUT2D eigenvalue weighted by Crippen LogP contribution is -2.49. The number of nitrogens with one attached hydrogen (secondary N) is 1. The van der Waals surface area contributed by atoms with Gasteiger partial charge in [-0.15, -0.1) is 10.2 Å². The summed E-state index contributed by atoms with van der Waals surface area (Å²) in [6.07, 6.45) is 0.741. The zero-order valence-electron chi connectivity index (χ0n) is 15.6. The Bertz CT molecular complexity index is 1090. The molecule has 1 aliphatic carbocycles. The van der Waals surface area contributed by atoms with E-state index in [9.17, 15) is 18.0 Å². The van der Waals surface area contributed by atoms with Crippen molar-refractivity contribution in [3.63, 3.8) is 0 Å². The second-order valence-corrected chi connectivity index (χ2v) is 7.28. The van der Waals surface area contributed by atoms with Crippen LogP contribution in [-0.2, 0) is 5.41 Å². The van der Waals surface area contributed by atoms with Gasteiger partial charge in [-0.3, -0.25) is 4.98 Å². The molecule has 3 aromatic rings. The summed E-state index contributed by atoms with van der Waals surface area (Å²) in [6, 6.07) is 9.22. The lowest BCUT2D eigenvalue weighted by molar-refractivity contribution is 0.0696. The zero-order chi connectivity index (χ0) is 21.3. The van der Waals surface area contributed by atoms with Gasteiger partial charge in [-0.25, -0.2) is 18.0 Å². The minimum atomic E-state index is -1.18. The molecule has 30 heavy (non-hydrogen) atoms. The van der Waals surface area contributed by atoms with Gasteiger partial charge >= 0.3 is 5.97 Å². The number of carboxylic acid groups (broad SMARTS) is 1. The number of alkyl halides is 1. The Labute approximate surface area is 169 Å². The summed E-state index contributed by atoms with van der Waals surface area (Å²) in [4.78, 5) is 15.2. The van der Waals surface area contributed by atoms with Crippen LogP contribution < -0.4 is 5.32 Å². The van der Waals surface area contributed by atoms with Gasteiger partial charge in [0.15, 0.2) is 0 Å². The van der Waals surface area contributed by atoms with Crippen molar-refractivity contribution in [2.75, 3.05) is 11.9 Å². The first-order chi connectivity index (χ1) is 14.4. The lowest BCUT2D eigenvalue weighted by atomic mass is 9.65. The Balaban J connectivity index is 1.52. The van der Waals surface area contributed by atoms with Crippen molar-refractivity contribution >= 4 is 11.8 Å². The van der Waals surface area contributed by atoms with Gasteiger partial charge in [0.05, 0.1) is 17.0 Å². The minimum absolute atomic E-state index is 0.0141. The van der Waals surface area contributed by atoms with Gasteiger partial charge in [0, 0.05) is 23.7 Å². The first-order valence-corrected chi connectivity index (χ1v) is 9.24. The van der Waals surface area contributed by atoms with E-state index < -0.39 is 29.2 Å². The van der Waals surface area contributed by atoms with Crippen molar-refractivity contribution in [1.82, 2.24) is 15.2 Å². The molecule has 0 bridgehead atoms. The highest BCUT2D eigenvalue weighted by Crippen LogP contribution is 2.45. The Kier molecular flexibility index (Phi) is 5.11.